The molecule has 0 bridgehead atoms. The molecule has 1 amide bonds. The summed E-state index contributed by atoms with van der Waals surface area (Å²) in [5, 5.41) is 8.61. The zero-order chi connectivity index (χ0) is 11.0. The lowest BCUT2D eigenvalue weighted by molar-refractivity contribution is -0.158. The van der Waals surface area contributed by atoms with Crippen molar-refractivity contribution < 1.29 is 24.2 Å². The van der Waals surface area contributed by atoms with E-state index >= 15 is 0 Å². The third-order valence-corrected chi connectivity index (χ3v) is 2.25. The van der Waals surface area contributed by atoms with Crippen LogP contribution in [0, 0.1) is 0 Å². The van der Waals surface area contributed by atoms with Crippen molar-refractivity contribution in [2.75, 3.05) is 7.11 Å². The number of methoxy groups -OCH3 is 1. The summed E-state index contributed by atoms with van der Waals surface area (Å²) in [5.41, 5.74) is 0.0454. The second-order valence-electron chi connectivity index (χ2n) is 3.06. The minimum absolute atomic E-state index is 0.0454. The highest BCUT2D eigenvalue weighted by molar-refractivity contribution is 5.98. The predicted octanol–water partition coefficient (Wildman–Crippen LogP) is 0.0313. The fourth-order valence-electron chi connectivity index (χ4n) is 1.55. The number of aliphatic hydroxyl groups is 1. The maximum atomic E-state index is 11.4. The van der Waals surface area contributed by atoms with E-state index in [1.807, 2.05) is 0 Å². The fourth-order valence-corrected chi connectivity index (χ4v) is 1.55. The minimum Gasteiger partial charge on any atom is -0.515 e. The van der Waals surface area contributed by atoms with Gasteiger partial charge in [-0.05, 0) is 0 Å². The summed E-state index contributed by atoms with van der Waals surface area (Å²) in [6, 6.07) is 0. The van der Waals surface area contributed by atoms with E-state index in [1.54, 1.807) is 0 Å². The number of hydrogen-bond acceptors (Lipinski definition) is 5. The number of carbonyl (C=O) groups is 2. The monoisotopic (exact) mass is 211 g/mol. The lowest BCUT2D eigenvalue weighted by Gasteiger charge is -2.32. The van der Waals surface area contributed by atoms with Gasteiger partial charge in [0, 0.05) is 6.08 Å². The van der Waals surface area contributed by atoms with Crippen LogP contribution in [0.3, 0.4) is 0 Å². The minimum atomic E-state index is -0.654. The van der Waals surface area contributed by atoms with Crippen molar-refractivity contribution in [1.82, 2.24) is 4.90 Å². The molecule has 1 saturated heterocycles. The number of ether oxygens (including phenoxy) is 2. The van der Waals surface area contributed by atoms with Crippen LogP contribution in [0.15, 0.2) is 23.8 Å². The number of β-lactam (4-membered cyclic amide) rings is 1. The van der Waals surface area contributed by atoms with Crippen LogP contribution in [0.5, 0.6) is 0 Å². The molecule has 0 aliphatic carbocycles. The standard InChI is InChI=1S/C9H9NO5/c1-14-9(13)8-5(2-3-11)15-7-4-6(12)10(7)8/h2-3,7,11H,4H2,1H3/b3-2+/t7-/m1/s1. The summed E-state index contributed by atoms with van der Waals surface area (Å²) < 4.78 is 9.77. The van der Waals surface area contributed by atoms with E-state index in [9.17, 15) is 9.59 Å². The highest BCUT2D eigenvalue weighted by Crippen LogP contribution is 2.36. The Balaban J connectivity index is 2.35. The van der Waals surface area contributed by atoms with Crippen molar-refractivity contribution >= 4 is 11.9 Å². The number of hydrogen-bond donors (Lipinski definition) is 1. The van der Waals surface area contributed by atoms with Gasteiger partial charge in [-0.15, -0.1) is 0 Å². The summed E-state index contributed by atoms with van der Waals surface area (Å²) in [4.78, 5) is 23.8. The highest BCUT2D eigenvalue weighted by Gasteiger charge is 2.49. The van der Waals surface area contributed by atoms with Gasteiger partial charge >= 0.3 is 5.97 Å². The first-order valence-electron chi connectivity index (χ1n) is 4.31. The van der Waals surface area contributed by atoms with E-state index < -0.39 is 12.2 Å². The van der Waals surface area contributed by atoms with Crippen LogP contribution in [0.4, 0.5) is 0 Å². The maximum Gasteiger partial charge on any atom is 0.358 e. The molecule has 1 N–H and O–H groups in total. The number of rotatable bonds is 2. The van der Waals surface area contributed by atoms with Gasteiger partial charge in [0.1, 0.15) is 0 Å². The molecule has 2 aliphatic rings. The Bertz CT molecular complexity index is 384. The first-order valence-corrected chi connectivity index (χ1v) is 4.31. The van der Waals surface area contributed by atoms with Crippen LogP contribution in [0.2, 0.25) is 0 Å². The lowest BCUT2D eigenvalue weighted by atomic mass is 10.1. The molecular formula is C9H9NO5. The van der Waals surface area contributed by atoms with E-state index in [-0.39, 0.29) is 23.8 Å². The SMILES string of the molecule is COC(=O)C1=C(/C=C/O)O[C@@H]2CC(=O)N12. The Kier molecular flexibility index (Phi) is 2.11. The molecule has 15 heavy (non-hydrogen) atoms. The number of amides is 1. The van der Waals surface area contributed by atoms with Crippen molar-refractivity contribution in [3.05, 3.63) is 23.8 Å². The first-order chi connectivity index (χ1) is 7.19. The van der Waals surface area contributed by atoms with Gasteiger partial charge in [-0.25, -0.2) is 4.79 Å². The van der Waals surface area contributed by atoms with Gasteiger partial charge in [0.2, 0.25) is 5.91 Å². The van der Waals surface area contributed by atoms with E-state index in [0.29, 0.717) is 0 Å². The number of fused-ring (bicyclic) bond motifs is 1. The Labute approximate surface area is 85.4 Å². The lowest BCUT2D eigenvalue weighted by Crippen LogP contribution is -2.50. The third kappa shape index (κ3) is 1.25. The Morgan fingerprint density at radius 2 is 2.47 bits per heavy atom. The Morgan fingerprint density at radius 3 is 3.00 bits per heavy atom. The molecule has 1 atom stereocenters. The average molecular weight is 211 g/mol. The molecular weight excluding hydrogens is 202 g/mol. The van der Waals surface area contributed by atoms with Gasteiger partial charge in [0.15, 0.2) is 17.7 Å². The van der Waals surface area contributed by atoms with Crippen molar-refractivity contribution in [3.8, 4) is 0 Å². The normalized spacial score (nSPS) is 23.9. The molecule has 1 fully saturated rings. The maximum absolute atomic E-state index is 11.4. The molecule has 0 saturated carbocycles. The molecule has 2 aliphatic heterocycles. The van der Waals surface area contributed by atoms with Gasteiger partial charge < -0.3 is 14.6 Å². The van der Waals surface area contributed by atoms with Gasteiger partial charge in [-0.1, -0.05) is 0 Å². The topological polar surface area (TPSA) is 76.1 Å². The zero-order valence-electron chi connectivity index (χ0n) is 7.97. The summed E-state index contributed by atoms with van der Waals surface area (Å²) >= 11 is 0. The summed E-state index contributed by atoms with van der Waals surface area (Å²) in [6.45, 7) is 0. The van der Waals surface area contributed by atoms with Crippen molar-refractivity contribution in [3.63, 3.8) is 0 Å². The quantitative estimate of drug-likeness (QED) is 0.396. The smallest absolute Gasteiger partial charge is 0.358 e. The van der Waals surface area contributed by atoms with Crippen LogP contribution in [-0.4, -0.2) is 35.2 Å². The van der Waals surface area contributed by atoms with Crippen molar-refractivity contribution in [2.45, 2.75) is 12.6 Å². The second kappa shape index (κ2) is 3.30. The number of carbonyl (C=O) groups excluding carboxylic acids is 2. The van der Waals surface area contributed by atoms with E-state index in [4.69, 9.17) is 9.84 Å². The molecule has 6 heteroatoms. The molecule has 0 radical (unpaired) electrons. The second-order valence-corrected chi connectivity index (χ2v) is 3.06. The predicted molar refractivity (Wildman–Crippen MR) is 47.1 cm³/mol. The molecule has 80 valence electrons. The largest absolute Gasteiger partial charge is 0.515 e. The van der Waals surface area contributed by atoms with Crippen molar-refractivity contribution in [1.29, 1.82) is 0 Å². The first kappa shape index (κ1) is 9.57. The van der Waals surface area contributed by atoms with E-state index in [1.165, 1.54) is 18.1 Å². The van der Waals surface area contributed by atoms with Gasteiger partial charge in [0.05, 0.1) is 19.8 Å². The molecule has 0 aromatic carbocycles. The van der Waals surface area contributed by atoms with Crippen LogP contribution in [0.1, 0.15) is 6.42 Å². The van der Waals surface area contributed by atoms with Crippen LogP contribution in [0.25, 0.3) is 0 Å². The zero-order valence-corrected chi connectivity index (χ0v) is 7.97. The fraction of sp³-hybridized carbons (Fsp3) is 0.333. The Morgan fingerprint density at radius 1 is 1.73 bits per heavy atom. The number of aliphatic hydroxyl groups excluding tert-OH is 1. The molecule has 0 unspecified atom stereocenters. The van der Waals surface area contributed by atoms with Crippen LogP contribution in [-0.2, 0) is 19.1 Å². The number of allylic oxidation sites excluding steroid dienone is 1. The van der Waals surface area contributed by atoms with Crippen LogP contribution < -0.4 is 0 Å². The Hall–Kier alpha value is -1.98. The van der Waals surface area contributed by atoms with E-state index in [0.717, 1.165) is 6.26 Å². The molecule has 0 aromatic heterocycles. The average Bonchev–Trinajstić information content (AvgIpc) is 2.50. The summed E-state index contributed by atoms with van der Waals surface area (Å²) in [7, 11) is 1.22. The molecule has 0 aromatic rings. The number of esters is 1. The van der Waals surface area contributed by atoms with Crippen LogP contribution >= 0.6 is 0 Å². The molecule has 2 rings (SSSR count). The summed E-state index contributed by atoms with van der Waals surface area (Å²) in [6.07, 6.45) is 1.76. The van der Waals surface area contributed by atoms with E-state index in [2.05, 4.69) is 4.74 Å². The molecule has 6 nitrogen and oxygen atoms in total. The van der Waals surface area contributed by atoms with Gasteiger partial charge in [-0.2, -0.15) is 0 Å². The van der Waals surface area contributed by atoms with Gasteiger partial charge in [-0.3, -0.25) is 9.69 Å². The number of nitrogens with zero attached hydrogens (tertiary/aromatic N) is 1. The third-order valence-electron chi connectivity index (χ3n) is 2.25. The van der Waals surface area contributed by atoms with Gasteiger partial charge in [0.25, 0.3) is 0 Å². The summed E-state index contributed by atoms with van der Waals surface area (Å²) in [5.74, 6) is -0.694. The molecule has 2 heterocycles. The van der Waals surface area contributed by atoms with Crippen molar-refractivity contribution in [2.24, 2.45) is 0 Å². The molecule has 0 spiro atoms. The highest BCUT2D eigenvalue weighted by atomic mass is 16.5.